The lowest BCUT2D eigenvalue weighted by atomic mass is 10.4. The van der Waals surface area contributed by atoms with E-state index in [-0.39, 0.29) is 16.2 Å². The fraction of sp³-hybridized carbons (Fsp3) is 0.800. The van der Waals surface area contributed by atoms with Crippen LogP contribution in [0.1, 0.15) is 20.8 Å². The Labute approximate surface area is 64.2 Å². The van der Waals surface area contributed by atoms with Crippen LogP contribution in [0.2, 0.25) is 0 Å². The number of hydroxylamine groups is 1. The maximum atomic E-state index is 10.6. The molecule has 6 heteroatoms. The van der Waals surface area contributed by atoms with Crippen LogP contribution in [-0.2, 0) is 4.79 Å². The zero-order valence-electron chi connectivity index (χ0n) is 6.68. The van der Waals surface area contributed by atoms with Gasteiger partial charge in [-0.15, -0.1) is 0 Å². The summed E-state index contributed by atoms with van der Waals surface area (Å²) in [6, 6.07) is -0.263. The Morgan fingerprint density at radius 3 is 2.45 bits per heavy atom. The molecule has 0 bridgehead atoms. The third kappa shape index (κ3) is 3.51. The summed E-state index contributed by atoms with van der Waals surface area (Å²) in [4.78, 5) is 10.2. The van der Waals surface area contributed by atoms with Gasteiger partial charge in [0.05, 0.1) is 10.1 Å². The molecule has 0 aliphatic rings. The second kappa shape index (κ2) is 3.87. The first-order valence-electron chi connectivity index (χ1n) is 3.12. The Bertz CT molecular complexity index is 178. The van der Waals surface area contributed by atoms with Gasteiger partial charge in [0.15, 0.2) is 0 Å². The molecular weight excluding hydrogens is 150 g/mol. The summed E-state index contributed by atoms with van der Waals surface area (Å²) in [5, 5.41) is 22.5. The van der Waals surface area contributed by atoms with Gasteiger partial charge in [-0.2, -0.15) is 0 Å². The Morgan fingerprint density at radius 2 is 2.18 bits per heavy atom. The van der Waals surface area contributed by atoms with Crippen molar-refractivity contribution < 1.29 is 15.0 Å². The van der Waals surface area contributed by atoms with Crippen molar-refractivity contribution in [3.05, 3.63) is 5.21 Å². The molecule has 0 aromatic rings. The molecule has 0 heterocycles. The summed E-state index contributed by atoms with van der Waals surface area (Å²) in [5.74, 6) is -0.774. The molecular formula is C5H11N3O3. The Hall–Kier alpha value is -1.17. The van der Waals surface area contributed by atoms with Crippen molar-refractivity contribution >= 4 is 5.91 Å². The van der Waals surface area contributed by atoms with Crippen molar-refractivity contribution in [3.8, 4) is 0 Å². The van der Waals surface area contributed by atoms with Crippen molar-refractivity contribution in [3.63, 3.8) is 0 Å². The largest absolute Gasteiger partial charge is 0.569 e. The normalized spacial score (nSPS) is 11.9. The minimum atomic E-state index is -0.774. The Kier molecular flexibility index (Phi) is 3.46. The number of hydrogen-bond donors (Lipinski definition) is 1. The maximum absolute atomic E-state index is 10.6. The molecule has 0 saturated carbocycles. The standard InChI is InChI=1S/C5H11N3O3/c1-4(2)6-8(11)7(10)5(3)9/h4,10H,1-3H3/b8-6-. The molecule has 0 radical (unpaired) electrons. The van der Waals surface area contributed by atoms with Crippen molar-refractivity contribution in [1.29, 1.82) is 0 Å². The number of rotatable bonds is 2. The van der Waals surface area contributed by atoms with Crippen molar-refractivity contribution in [2.24, 2.45) is 5.11 Å². The molecule has 0 aliphatic carbocycles. The topological polar surface area (TPSA) is 79.0 Å². The van der Waals surface area contributed by atoms with Gasteiger partial charge in [0, 0.05) is 12.0 Å². The second-order valence-electron chi connectivity index (χ2n) is 2.27. The van der Waals surface area contributed by atoms with Gasteiger partial charge >= 0.3 is 5.91 Å². The van der Waals surface area contributed by atoms with E-state index in [1.165, 1.54) is 0 Å². The number of carbonyl (C=O) groups excluding carboxylic acids is 1. The van der Waals surface area contributed by atoms with Gasteiger partial charge in [-0.1, -0.05) is 0 Å². The average Bonchev–Trinajstić information content (AvgIpc) is 1.84. The van der Waals surface area contributed by atoms with Crippen LogP contribution in [0.4, 0.5) is 0 Å². The molecule has 0 rings (SSSR count). The lowest BCUT2D eigenvalue weighted by Crippen LogP contribution is -2.32. The highest BCUT2D eigenvalue weighted by Crippen LogP contribution is 1.91. The lowest BCUT2D eigenvalue weighted by molar-refractivity contribution is -0.738. The third-order valence-electron chi connectivity index (χ3n) is 0.773. The molecule has 6 nitrogen and oxygen atoms in total. The van der Waals surface area contributed by atoms with Crippen LogP contribution in [-0.4, -0.2) is 27.3 Å². The number of amides is 1. The number of nitrogens with zero attached hydrogens (tertiary/aromatic N) is 3. The van der Waals surface area contributed by atoms with E-state index >= 15 is 0 Å². The molecule has 0 spiro atoms. The van der Waals surface area contributed by atoms with E-state index in [2.05, 4.69) is 5.11 Å². The SMILES string of the molecule is CC(=O)N(O)/[N+]([O-])=N/C(C)C. The molecule has 0 fully saturated rings. The van der Waals surface area contributed by atoms with Gasteiger partial charge in [0.1, 0.15) is 6.04 Å². The predicted octanol–water partition coefficient (Wildman–Crippen LogP) is 0.510. The highest BCUT2D eigenvalue weighted by molar-refractivity contribution is 5.70. The minimum Gasteiger partial charge on any atom is -0.569 e. The van der Waals surface area contributed by atoms with Crippen LogP contribution in [0.15, 0.2) is 5.11 Å². The molecule has 0 atom stereocenters. The van der Waals surface area contributed by atoms with Gasteiger partial charge < -0.3 is 5.21 Å². The molecule has 1 N–H and O–H groups in total. The summed E-state index contributed by atoms with van der Waals surface area (Å²) in [6.07, 6.45) is 0. The average molecular weight is 161 g/mol. The third-order valence-corrected chi connectivity index (χ3v) is 0.773. The molecule has 0 aromatic heterocycles. The smallest absolute Gasteiger partial charge is 0.310 e. The maximum Gasteiger partial charge on any atom is 0.310 e. The van der Waals surface area contributed by atoms with Crippen LogP contribution in [0.5, 0.6) is 0 Å². The molecule has 0 aliphatic heterocycles. The second-order valence-corrected chi connectivity index (χ2v) is 2.27. The summed E-state index contributed by atoms with van der Waals surface area (Å²) in [7, 11) is 0. The van der Waals surface area contributed by atoms with E-state index in [1.54, 1.807) is 13.8 Å². The molecule has 0 unspecified atom stereocenters. The van der Waals surface area contributed by atoms with Crippen LogP contribution in [0, 0.1) is 5.21 Å². The summed E-state index contributed by atoms with van der Waals surface area (Å²) in [5.41, 5.74) is 0. The monoisotopic (exact) mass is 161 g/mol. The van der Waals surface area contributed by atoms with E-state index in [1.807, 2.05) is 0 Å². The highest BCUT2D eigenvalue weighted by atomic mass is 16.7. The van der Waals surface area contributed by atoms with E-state index < -0.39 is 5.91 Å². The minimum absolute atomic E-state index is 0.0972. The Balaban J connectivity index is 4.23. The molecule has 64 valence electrons. The lowest BCUT2D eigenvalue weighted by Gasteiger charge is -2.06. The number of carbonyl (C=O) groups is 1. The first kappa shape index (κ1) is 9.83. The fourth-order valence-electron chi connectivity index (χ4n) is 0.367. The summed E-state index contributed by atoms with van der Waals surface area (Å²) in [6.45, 7) is 4.36. The van der Waals surface area contributed by atoms with Crippen molar-refractivity contribution in [2.45, 2.75) is 26.8 Å². The molecule has 1 amide bonds. The van der Waals surface area contributed by atoms with Crippen molar-refractivity contribution in [2.75, 3.05) is 0 Å². The van der Waals surface area contributed by atoms with Gasteiger partial charge in [-0.3, -0.25) is 4.79 Å². The first-order valence-corrected chi connectivity index (χ1v) is 3.12. The van der Waals surface area contributed by atoms with E-state index in [4.69, 9.17) is 5.21 Å². The quantitative estimate of drug-likeness (QED) is 0.277. The van der Waals surface area contributed by atoms with Gasteiger partial charge in [0.25, 0.3) is 0 Å². The zero-order chi connectivity index (χ0) is 9.02. The summed E-state index contributed by atoms with van der Waals surface area (Å²) >= 11 is 0. The number of hydrogen-bond acceptors (Lipinski definition) is 4. The van der Waals surface area contributed by atoms with Crippen LogP contribution < -0.4 is 0 Å². The zero-order valence-corrected chi connectivity index (χ0v) is 6.68. The van der Waals surface area contributed by atoms with Gasteiger partial charge in [-0.25, -0.2) is 5.21 Å². The first-order chi connectivity index (χ1) is 4.95. The van der Waals surface area contributed by atoms with E-state index in [0.29, 0.717) is 0 Å². The summed E-state index contributed by atoms with van der Waals surface area (Å²) < 4.78 is 0. The molecule has 11 heavy (non-hydrogen) atoms. The molecule has 0 saturated heterocycles. The molecule has 0 aromatic carbocycles. The van der Waals surface area contributed by atoms with E-state index in [9.17, 15) is 10.0 Å². The van der Waals surface area contributed by atoms with Gasteiger partial charge in [0.2, 0.25) is 0 Å². The van der Waals surface area contributed by atoms with E-state index in [0.717, 1.165) is 6.92 Å². The highest BCUT2D eigenvalue weighted by Gasteiger charge is 2.14. The predicted molar refractivity (Wildman–Crippen MR) is 35.5 cm³/mol. The van der Waals surface area contributed by atoms with Crippen molar-refractivity contribution in [1.82, 2.24) is 5.17 Å². The number of hydrazine groups is 1. The van der Waals surface area contributed by atoms with Crippen LogP contribution in [0.3, 0.4) is 0 Å². The van der Waals surface area contributed by atoms with Crippen LogP contribution >= 0.6 is 0 Å². The Morgan fingerprint density at radius 1 is 1.73 bits per heavy atom. The van der Waals surface area contributed by atoms with Crippen LogP contribution in [0.25, 0.3) is 0 Å². The van der Waals surface area contributed by atoms with Gasteiger partial charge in [-0.05, 0) is 13.8 Å². The fourth-order valence-corrected chi connectivity index (χ4v) is 0.367.